The van der Waals surface area contributed by atoms with Crippen LogP contribution in [0.1, 0.15) is 25.0 Å². The molecule has 0 amide bonds. The molecule has 0 bridgehead atoms. The van der Waals surface area contributed by atoms with Crippen molar-refractivity contribution in [2.75, 3.05) is 4.90 Å². The van der Waals surface area contributed by atoms with Crippen LogP contribution >= 0.6 is 0 Å². The Morgan fingerprint density at radius 1 is 0.321 bits per heavy atom. The van der Waals surface area contributed by atoms with Crippen molar-refractivity contribution in [2.45, 2.75) is 19.3 Å². The molecule has 0 radical (unpaired) electrons. The van der Waals surface area contributed by atoms with Gasteiger partial charge in [0.1, 0.15) is 0 Å². The van der Waals surface area contributed by atoms with Gasteiger partial charge in [-0.1, -0.05) is 190 Å². The summed E-state index contributed by atoms with van der Waals surface area (Å²) in [6, 6.07) is 77.5. The fourth-order valence-corrected chi connectivity index (χ4v) is 8.83. The normalized spacial score (nSPS) is 12.6. The smallest absolute Gasteiger partial charge is 0.0546 e. The van der Waals surface area contributed by atoms with Crippen molar-refractivity contribution < 1.29 is 0 Å². The third-order valence-electron chi connectivity index (χ3n) is 11.7. The van der Waals surface area contributed by atoms with Crippen molar-refractivity contribution in [2.24, 2.45) is 0 Å². The van der Waals surface area contributed by atoms with Gasteiger partial charge in [0.05, 0.1) is 5.69 Å². The Kier molecular flexibility index (Phi) is 8.23. The first-order valence-electron chi connectivity index (χ1n) is 19.5. The maximum atomic E-state index is 2.46. The summed E-state index contributed by atoms with van der Waals surface area (Å²) in [6.07, 6.45) is 0. The van der Waals surface area contributed by atoms with Gasteiger partial charge in [0, 0.05) is 22.2 Å². The molecular weight excluding hydrogens is 675 g/mol. The zero-order valence-corrected chi connectivity index (χ0v) is 31.7. The lowest BCUT2D eigenvalue weighted by Crippen LogP contribution is -2.16. The second-order valence-electron chi connectivity index (χ2n) is 15.4. The van der Waals surface area contributed by atoms with E-state index in [1.54, 1.807) is 0 Å². The molecule has 0 aromatic heterocycles. The van der Waals surface area contributed by atoms with E-state index in [2.05, 4.69) is 231 Å². The first kappa shape index (κ1) is 33.6. The van der Waals surface area contributed by atoms with Gasteiger partial charge in [0.25, 0.3) is 0 Å². The van der Waals surface area contributed by atoms with Crippen molar-refractivity contribution in [3.05, 3.63) is 223 Å². The number of nitrogens with zero attached hydrogens (tertiary/aromatic N) is 1. The highest BCUT2D eigenvalue weighted by molar-refractivity contribution is 6.07. The highest BCUT2D eigenvalue weighted by Crippen LogP contribution is 2.55. The number of benzene rings is 9. The fraction of sp³-hybridized carbons (Fsp3) is 0.0545. The van der Waals surface area contributed by atoms with Gasteiger partial charge in [-0.3, -0.25) is 0 Å². The summed E-state index contributed by atoms with van der Waals surface area (Å²) in [5, 5.41) is 2.53. The summed E-state index contributed by atoms with van der Waals surface area (Å²) in [7, 11) is 0. The van der Waals surface area contributed by atoms with Gasteiger partial charge in [0.15, 0.2) is 0 Å². The van der Waals surface area contributed by atoms with E-state index in [1.807, 2.05) is 0 Å². The fourth-order valence-electron chi connectivity index (χ4n) is 8.83. The van der Waals surface area contributed by atoms with Gasteiger partial charge in [-0.25, -0.2) is 0 Å². The summed E-state index contributed by atoms with van der Waals surface area (Å²) >= 11 is 0. The standard InChI is InChI=1S/C55H41N/c1-55(2)52-35-30-45(44-24-22-41(23-25-44)38-14-6-3-7-15-38)36-50(52)51-37-53(48-20-12-13-21-49(48)54(51)55)56(46-31-26-42(27-32-46)39-16-8-4-9-17-39)47-33-28-43(29-34-47)40-18-10-5-11-19-40/h3-37H,1-2H3. The van der Waals surface area contributed by atoms with E-state index < -0.39 is 0 Å². The van der Waals surface area contributed by atoms with Gasteiger partial charge < -0.3 is 4.90 Å². The van der Waals surface area contributed by atoms with Gasteiger partial charge in [-0.2, -0.15) is 0 Å². The van der Waals surface area contributed by atoms with Crippen LogP contribution < -0.4 is 4.90 Å². The second kappa shape index (κ2) is 13.7. The van der Waals surface area contributed by atoms with E-state index in [0.717, 1.165) is 11.4 Å². The average Bonchev–Trinajstić information content (AvgIpc) is 3.50. The predicted octanol–water partition coefficient (Wildman–Crippen LogP) is 15.3. The monoisotopic (exact) mass is 715 g/mol. The lowest BCUT2D eigenvalue weighted by atomic mass is 9.79. The molecule has 0 spiro atoms. The maximum absolute atomic E-state index is 2.46. The summed E-state index contributed by atoms with van der Waals surface area (Å²) < 4.78 is 0. The molecule has 1 heteroatoms. The molecule has 0 unspecified atom stereocenters. The number of anilines is 3. The third-order valence-corrected chi connectivity index (χ3v) is 11.7. The van der Waals surface area contributed by atoms with Crippen molar-refractivity contribution >= 4 is 27.8 Å². The van der Waals surface area contributed by atoms with Crippen LogP contribution in [-0.2, 0) is 5.41 Å². The molecule has 1 nitrogen and oxygen atoms in total. The van der Waals surface area contributed by atoms with Crippen molar-refractivity contribution in [3.8, 4) is 55.6 Å². The van der Waals surface area contributed by atoms with Crippen molar-refractivity contribution in [1.29, 1.82) is 0 Å². The molecule has 10 rings (SSSR count). The molecule has 0 saturated heterocycles. The predicted molar refractivity (Wildman–Crippen MR) is 238 cm³/mol. The zero-order valence-electron chi connectivity index (χ0n) is 31.7. The molecule has 1 aliphatic rings. The van der Waals surface area contributed by atoms with E-state index in [-0.39, 0.29) is 5.41 Å². The Bertz CT molecular complexity index is 2740. The van der Waals surface area contributed by atoms with E-state index in [4.69, 9.17) is 0 Å². The molecule has 0 N–H and O–H groups in total. The van der Waals surface area contributed by atoms with Gasteiger partial charge >= 0.3 is 0 Å². The largest absolute Gasteiger partial charge is 0.310 e. The van der Waals surface area contributed by atoms with Crippen molar-refractivity contribution in [3.63, 3.8) is 0 Å². The molecule has 0 saturated carbocycles. The summed E-state index contributed by atoms with van der Waals surface area (Å²) in [4.78, 5) is 2.45. The number of hydrogen-bond donors (Lipinski definition) is 0. The molecular formula is C55H41N. The molecule has 0 fully saturated rings. The van der Waals surface area contributed by atoms with Gasteiger partial charge in [-0.15, -0.1) is 0 Å². The Hall–Kier alpha value is -6.96. The summed E-state index contributed by atoms with van der Waals surface area (Å²) in [6.45, 7) is 4.78. The average molecular weight is 716 g/mol. The van der Waals surface area contributed by atoms with Gasteiger partial charge in [-0.05, 0) is 109 Å². The molecule has 9 aromatic carbocycles. The Morgan fingerprint density at radius 3 is 1.18 bits per heavy atom. The molecule has 1 aliphatic carbocycles. The second-order valence-corrected chi connectivity index (χ2v) is 15.4. The highest BCUT2D eigenvalue weighted by Gasteiger charge is 2.38. The van der Waals surface area contributed by atoms with Crippen LogP contribution in [0.4, 0.5) is 17.1 Å². The topological polar surface area (TPSA) is 3.24 Å². The van der Waals surface area contributed by atoms with E-state index in [1.165, 1.54) is 83.2 Å². The van der Waals surface area contributed by atoms with E-state index in [9.17, 15) is 0 Å². The first-order chi connectivity index (χ1) is 27.5. The molecule has 0 heterocycles. The van der Waals surface area contributed by atoms with Gasteiger partial charge in [0.2, 0.25) is 0 Å². The minimum atomic E-state index is -0.169. The molecule has 56 heavy (non-hydrogen) atoms. The highest BCUT2D eigenvalue weighted by atomic mass is 15.1. The van der Waals surface area contributed by atoms with E-state index >= 15 is 0 Å². The molecule has 0 aliphatic heterocycles. The lowest BCUT2D eigenvalue weighted by molar-refractivity contribution is 0.666. The van der Waals surface area contributed by atoms with Crippen LogP contribution in [0.25, 0.3) is 66.4 Å². The minimum Gasteiger partial charge on any atom is -0.310 e. The third kappa shape index (κ3) is 5.81. The molecule has 0 atom stereocenters. The van der Waals surface area contributed by atoms with Crippen LogP contribution in [0.3, 0.4) is 0 Å². The zero-order chi connectivity index (χ0) is 37.6. The Balaban J connectivity index is 1.14. The summed E-state index contributed by atoms with van der Waals surface area (Å²) in [5.41, 5.74) is 18.3. The van der Waals surface area contributed by atoms with Crippen LogP contribution in [0.15, 0.2) is 212 Å². The SMILES string of the molecule is CC1(C)c2ccc(-c3ccc(-c4ccccc4)cc3)cc2-c2cc(N(c3ccc(-c4ccccc4)cc3)c3ccc(-c4ccccc4)cc3)c3ccccc3c21. The summed E-state index contributed by atoms with van der Waals surface area (Å²) in [5.74, 6) is 0. The number of fused-ring (bicyclic) bond motifs is 5. The maximum Gasteiger partial charge on any atom is 0.0546 e. The quantitative estimate of drug-likeness (QED) is 0.159. The number of hydrogen-bond acceptors (Lipinski definition) is 1. The van der Waals surface area contributed by atoms with Crippen LogP contribution in [0.5, 0.6) is 0 Å². The van der Waals surface area contributed by atoms with Crippen LogP contribution in [0, 0.1) is 0 Å². The van der Waals surface area contributed by atoms with Crippen LogP contribution in [0.2, 0.25) is 0 Å². The van der Waals surface area contributed by atoms with E-state index in [0.29, 0.717) is 0 Å². The Labute approximate surface area is 329 Å². The lowest BCUT2D eigenvalue weighted by Gasteiger charge is -2.30. The minimum absolute atomic E-state index is 0.169. The molecule has 266 valence electrons. The Morgan fingerprint density at radius 2 is 0.696 bits per heavy atom. The first-order valence-corrected chi connectivity index (χ1v) is 19.5. The van der Waals surface area contributed by atoms with Crippen molar-refractivity contribution in [1.82, 2.24) is 0 Å². The number of rotatable bonds is 7. The molecule has 9 aromatic rings. The van der Waals surface area contributed by atoms with Crippen LogP contribution in [-0.4, -0.2) is 0 Å².